The van der Waals surface area contributed by atoms with Gasteiger partial charge in [0.25, 0.3) is 0 Å². The maximum Gasteiger partial charge on any atom is 0.389 e. The van der Waals surface area contributed by atoms with Crippen molar-refractivity contribution in [2.24, 2.45) is 0 Å². The average molecular weight is 239 g/mol. The van der Waals surface area contributed by atoms with Crippen LogP contribution in [-0.2, 0) is 0 Å². The molecule has 1 aromatic rings. The van der Waals surface area contributed by atoms with Crippen LogP contribution in [0.1, 0.15) is 23.2 Å². The molecule has 0 aliphatic carbocycles. The number of benzene rings is 1. The maximum absolute atomic E-state index is 11.8. The minimum absolute atomic E-state index is 0. The molecule has 84 valence electrons. The number of carbonyl (C=O) groups is 1. The fraction of sp³-hybridized carbons (Fsp3) is 0.300. The van der Waals surface area contributed by atoms with Gasteiger partial charge in [0, 0.05) is 12.0 Å². The van der Waals surface area contributed by atoms with Gasteiger partial charge in [0.1, 0.15) is 0 Å². The Morgan fingerprint density at radius 3 is 2.13 bits per heavy atom. The first-order valence-corrected chi connectivity index (χ1v) is 4.14. The van der Waals surface area contributed by atoms with Crippen LogP contribution in [0.25, 0.3) is 0 Å². The van der Waals surface area contributed by atoms with Gasteiger partial charge in [0.2, 0.25) is 0 Å². The normalized spacial score (nSPS) is 10.6. The SMILES string of the molecule is Cl.O=C(CCC(F)(F)F)c1ccccc1. The lowest BCUT2D eigenvalue weighted by Gasteiger charge is -2.04. The second-order valence-corrected chi connectivity index (χ2v) is 2.90. The van der Waals surface area contributed by atoms with Crippen molar-refractivity contribution in [1.82, 2.24) is 0 Å². The number of Topliss-reactive ketones (excluding diaryl/α,β-unsaturated/α-hetero) is 1. The van der Waals surface area contributed by atoms with E-state index < -0.39 is 24.8 Å². The number of halogens is 4. The molecule has 0 spiro atoms. The summed E-state index contributed by atoms with van der Waals surface area (Å²) < 4.78 is 35.3. The maximum atomic E-state index is 11.8. The molecule has 1 nitrogen and oxygen atoms in total. The fourth-order valence-corrected chi connectivity index (χ4v) is 1.02. The molecule has 0 aliphatic rings. The Bertz CT molecular complexity index is 308. The van der Waals surface area contributed by atoms with Crippen molar-refractivity contribution in [2.75, 3.05) is 0 Å². The molecule has 0 radical (unpaired) electrons. The van der Waals surface area contributed by atoms with Crippen molar-refractivity contribution >= 4 is 18.2 Å². The van der Waals surface area contributed by atoms with Gasteiger partial charge < -0.3 is 0 Å². The minimum Gasteiger partial charge on any atom is -0.294 e. The smallest absolute Gasteiger partial charge is 0.294 e. The standard InChI is InChI=1S/C10H9F3O.ClH/c11-10(12,13)7-6-9(14)8-4-2-1-3-5-8;/h1-5H,6-7H2;1H. The molecule has 5 heteroatoms. The lowest BCUT2D eigenvalue weighted by Crippen LogP contribution is -2.10. The van der Waals surface area contributed by atoms with Gasteiger partial charge in [0.05, 0.1) is 6.42 Å². The van der Waals surface area contributed by atoms with Crippen LogP contribution in [0.5, 0.6) is 0 Å². The molecule has 0 saturated carbocycles. The van der Waals surface area contributed by atoms with E-state index in [1.807, 2.05) is 0 Å². The van der Waals surface area contributed by atoms with Crippen molar-refractivity contribution in [3.8, 4) is 0 Å². The van der Waals surface area contributed by atoms with Crippen molar-refractivity contribution in [1.29, 1.82) is 0 Å². The van der Waals surface area contributed by atoms with Gasteiger partial charge in [0.15, 0.2) is 5.78 Å². The number of hydrogen-bond acceptors (Lipinski definition) is 1. The van der Waals surface area contributed by atoms with Gasteiger partial charge in [-0.3, -0.25) is 4.79 Å². The highest BCUT2D eigenvalue weighted by Gasteiger charge is 2.27. The monoisotopic (exact) mass is 238 g/mol. The summed E-state index contributed by atoms with van der Waals surface area (Å²) in [7, 11) is 0. The topological polar surface area (TPSA) is 17.1 Å². The number of hydrogen-bond donors (Lipinski definition) is 0. The molecular weight excluding hydrogens is 229 g/mol. The van der Waals surface area contributed by atoms with Gasteiger partial charge in [-0.25, -0.2) is 0 Å². The van der Waals surface area contributed by atoms with Crippen LogP contribution in [0.4, 0.5) is 13.2 Å². The highest BCUT2D eigenvalue weighted by Crippen LogP contribution is 2.22. The molecule has 1 rings (SSSR count). The number of rotatable bonds is 3. The third-order valence-electron chi connectivity index (χ3n) is 1.73. The third kappa shape index (κ3) is 5.42. The average Bonchev–Trinajstić information content (AvgIpc) is 2.14. The second kappa shape index (κ2) is 5.75. The molecule has 0 N–H and O–H groups in total. The molecule has 0 unspecified atom stereocenters. The predicted molar refractivity (Wildman–Crippen MR) is 53.3 cm³/mol. The molecule has 1 aromatic carbocycles. The minimum atomic E-state index is -4.26. The Labute approximate surface area is 91.7 Å². The van der Waals surface area contributed by atoms with Crippen LogP contribution in [0.15, 0.2) is 30.3 Å². The molecule has 0 aliphatic heterocycles. The van der Waals surface area contributed by atoms with E-state index in [4.69, 9.17) is 0 Å². The molecule has 0 atom stereocenters. The highest BCUT2D eigenvalue weighted by molar-refractivity contribution is 5.95. The lowest BCUT2D eigenvalue weighted by atomic mass is 10.1. The van der Waals surface area contributed by atoms with Crippen LogP contribution < -0.4 is 0 Å². The first-order chi connectivity index (χ1) is 6.49. The van der Waals surface area contributed by atoms with Gasteiger partial charge in [-0.15, -0.1) is 12.4 Å². The molecule has 0 saturated heterocycles. The number of carbonyl (C=O) groups excluding carboxylic acids is 1. The van der Waals surface area contributed by atoms with E-state index in [0.717, 1.165) is 0 Å². The van der Waals surface area contributed by atoms with Crippen LogP contribution in [-0.4, -0.2) is 12.0 Å². The van der Waals surface area contributed by atoms with Gasteiger partial charge in [-0.05, 0) is 0 Å². The summed E-state index contributed by atoms with van der Waals surface area (Å²) in [5.74, 6) is -0.470. The van der Waals surface area contributed by atoms with E-state index in [9.17, 15) is 18.0 Å². The van der Waals surface area contributed by atoms with Crippen molar-refractivity contribution < 1.29 is 18.0 Å². The number of ketones is 1. The quantitative estimate of drug-likeness (QED) is 0.735. The Morgan fingerprint density at radius 2 is 1.67 bits per heavy atom. The summed E-state index contributed by atoms with van der Waals surface area (Å²) in [6.45, 7) is 0. The Kier molecular flexibility index (Phi) is 5.36. The van der Waals surface area contributed by atoms with Crippen molar-refractivity contribution in [3.05, 3.63) is 35.9 Å². The first-order valence-electron chi connectivity index (χ1n) is 4.14. The summed E-state index contributed by atoms with van der Waals surface area (Å²) in [6, 6.07) is 7.99. The van der Waals surface area contributed by atoms with Crippen LogP contribution in [0, 0.1) is 0 Å². The third-order valence-corrected chi connectivity index (χ3v) is 1.73. The summed E-state index contributed by atoms with van der Waals surface area (Å²) in [6.07, 6.45) is -5.79. The molecule has 0 heterocycles. The Hall–Kier alpha value is -1.03. The van der Waals surface area contributed by atoms with Crippen LogP contribution in [0.3, 0.4) is 0 Å². The van der Waals surface area contributed by atoms with E-state index in [1.165, 1.54) is 12.1 Å². The second-order valence-electron chi connectivity index (χ2n) is 2.90. The molecule has 0 fully saturated rings. The van der Waals surface area contributed by atoms with Crippen molar-refractivity contribution in [2.45, 2.75) is 19.0 Å². The molecular formula is C10H10ClF3O. The van der Waals surface area contributed by atoms with E-state index in [0.29, 0.717) is 5.56 Å². The highest BCUT2D eigenvalue weighted by atomic mass is 35.5. The van der Waals surface area contributed by atoms with Crippen LogP contribution in [0.2, 0.25) is 0 Å². The zero-order chi connectivity index (χ0) is 10.6. The Balaban J connectivity index is 0.00000196. The Morgan fingerprint density at radius 1 is 1.13 bits per heavy atom. The lowest BCUT2D eigenvalue weighted by molar-refractivity contribution is -0.133. The molecule has 15 heavy (non-hydrogen) atoms. The van der Waals surface area contributed by atoms with Crippen LogP contribution >= 0.6 is 12.4 Å². The first kappa shape index (κ1) is 14.0. The van der Waals surface area contributed by atoms with E-state index >= 15 is 0 Å². The molecule has 0 amide bonds. The van der Waals surface area contributed by atoms with Gasteiger partial charge in [-0.1, -0.05) is 30.3 Å². The van der Waals surface area contributed by atoms with Crippen molar-refractivity contribution in [3.63, 3.8) is 0 Å². The molecule has 0 aromatic heterocycles. The molecule has 0 bridgehead atoms. The summed E-state index contributed by atoms with van der Waals surface area (Å²) in [4.78, 5) is 11.2. The number of alkyl halides is 3. The zero-order valence-corrected chi connectivity index (χ0v) is 8.57. The predicted octanol–water partition coefficient (Wildman–Crippen LogP) is 3.63. The van der Waals surface area contributed by atoms with E-state index in [-0.39, 0.29) is 12.4 Å². The summed E-state index contributed by atoms with van der Waals surface area (Å²) >= 11 is 0. The zero-order valence-electron chi connectivity index (χ0n) is 7.75. The van der Waals surface area contributed by atoms with Gasteiger partial charge in [-0.2, -0.15) is 13.2 Å². The largest absolute Gasteiger partial charge is 0.389 e. The fourth-order valence-electron chi connectivity index (χ4n) is 1.02. The van der Waals surface area contributed by atoms with Gasteiger partial charge >= 0.3 is 6.18 Å². The van der Waals surface area contributed by atoms with E-state index in [1.54, 1.807) is 18.2 Å². The van der Waals surface area contributed by atoms with E-state index in [2.05, 4.69) is 0 Å². The summed E-state index contributed by atoms with van der Waals surface area (Å²) in [5, 5.41) is 0. The summed E-state index contributed by atoms with van der Waals surface area (Å²) in [5.41, 5.74) is 0.330.